The molecule has 3 heteroatoms. The second kappa shape index (κ2) is 7.21. The van der Waals surface area contributed by atoms with Crippen molar-refractivity contribution in [2.24, 2.45) is 0 Å². The van der Waals surface area contributed by atoms with Gasteiger partial charge in [0.1, 0.15) is 0 Å². The van der Waals surface area contributed by atoms with Crippen molar-refractivity contribution < 1.29 is 0 Å². The lowest BCUT2D eigenvalue weighted by atomic mass is 9.86. The molecule has 0 saturated carbocycles. The zero-order valence-corrected chi connectivity index (χ0v) is 16.1. The molecule has 0 spiro atoms. The van der Waals surface area contributed by atoms with E-state index in [0.717, 1.165) is 10.9 Å². The maximum atomic E-state index is 6.26. The minimum absolute atomic E-state index is 0.163. The van der Waals surface area contributed by atoms with E-state index in [1.165, 1.54) is 16.7 Å². The van der Waals surface area contributed by atoms with Crippen LogP contribution >= 0.6 is 39.1 Å². The Morgan fingerprint density at radius 2 is 1.68 bits per heavy atom. The second-order valence-electron chi connectivity index (χ2n) is 6.30. The summed E-state index contributed by atoms with van der Waals surface area (Å²) in [5, 5.41) is 2.08. The zero-order valence-electron chi connectivity index (χ0n) is 13.0. The van der Waals surface area contributed by atoms with Gasteiger partial charge in [0.2, 0.25) is 0 Å². The molecule has 0 heterocycles. The lowest BCUT2D eigenvalue weighted by molar-refractivity contribution is 0.590. The smallest absolute Gasteiger partial charge is 0.0493 e. The Labute approximate surface area is 151 Å². The molecule has 116 valence electrons. The molecule has 0 bridgehead atoms. The topological polar surface area (TPSA) is 0 Å². The Bertz CT molecular complexity index is 680. The molecule has 0 saturated heterocycles. The molecule has 0 aromatic heterocycles. The Morgan fingerprint density at radius 3 is 2.18 bits per heavy atom. The van der Waals surface area contributed by atoms with E-state index in [4.69, 9.17) is 23.2 Å². The van der Waals surface area contributed by atoms with E-state index in [2.05, 4.69) is 67.0 Å². The van der Waals surface area contributed by atoms with Gasteiger partial charge in [-0.15, -0.1) is 0 Å². The van der Waals surface area contributed by atoms with Crippen LogP contribution in [-0.2, 0) is 5.41 Å². The van der Waals surface area contributed by atoms with Gasteiger partial charge in [-0.3, -0.25) is 0 Å². The first-order valence-electron chi connectivity index (χ1n) is 7.14. The van der Waals surface area contributed by atoms with Gasteiger partial charge in [-0.1, -0.05) is 90.2 Å². The predicted octanol–water partition coefficient (Wildman–Crippen LogP) is 7.23. The van der Waals surface area contributed by atoms with E-state index in [1.807, 2.05) is 12.1 Å². The highest BCUT2D eigenvalue weighted by Gasteiger charge is 2.13. The van der Waals surface area contributed by atoms with Crippen LogP contribution < -0.4 is 0 Å². The van der Waals surface area contributed by atoms with Crippen LogP contribution in [0.4, 0.5) is 0 Å². The molecule has 0 nitrogen and oxygen atoms in total. The van der Waals surface area contributed by atoms with Gasteiger partial charge in [0, 0.05) is 15.4 Å². The van der Waals surface area contributed by atoms with Gasteiger partial charge in [-0.25, -0.2) is 0 Å². The van der Waals surface area contributed by atoms with Gasteiger partial charge in [-0.05, 0) is 45.9 Å². The molecular weight excluding hydrogens is 379 g/mol. The van der Waals surface area contributed by atoms with E-state index in [9.17, 15) is 0 Å². The second-order valence-corrected chi connectivity index (χ2v) is 7.70. The highest BCUT2D eigenvalue weighted by atomic mass is 79.9. The number of allylic oxidation sites excluding steroid dienone is 1. The highest BCUT2D eigenvalue weighted by Crippen LogP contribution is 2.28. The average molecular weight is 398 g/mol. The van der Waals surface area contributed by atoms with Crippen molar-refractivity contribution in [2.45, 2.75) is 26.2 Å². The molecule has 0 radical (unpaired) electrons. The summed E-state index contributed by atoms with van der Waals surface area (Å²) in [7, 11) is 0. The van der Waals surface area contributed by atoms with Crippen molar-refractivity contribution in [2.75, 3.05) is 5.33 Å². The van der Waals surface area contributed by atoms with E-state index in [1.54, 1.807) is 6.07 Å². The molecule has 22 heavy (non-hydrogen) atoms. The molecule has 0 aliphatic carbocycles. The first kappa shape index (κ1) is 17.6. The SMILES string of the molecule is CC(C)(C)c1ccc(/C(=C/c2ccc(Cl)cc2Cl)CBr)cc1. The summed E-state index contributed by atoms with van der Waals surface area (Å²) in [5.74, 6) is 0. The van der Waals surface area contributed by atoms with E-state index in [0.29, 0.717) is 10.0 Å². The number of rotatable bonds is 3. The minimum Gasteiger partial charge on any atom is -0.0876 e. The van der Waals surface area contributed by atoms with Gasteiger partial charge in [-0.2, -0.15) is 0 Å². The summed E-state index contributed by atoms with van der Waals surface area (Å²) in [6.45, 7) is 6.66. The van der Waals surface area contributed by atoms with Gasteiger partial charge in [0.05, 0.1) is 0 Å². The molecule has 0 amide bonds. The third-order valence-electron chi connectivity index (χ3n) is 3.56. The van der Waals surface area contributed by atoms with Crippen LogP contribution in [0.15, 0.2) is 42.5 Å². The van der Waals surface area contributed by atoms with E-state index in [-0.39, 0.29) is 5.41 Å². The quantitative estimate of drug-likeness (QED) is 0.378. The third-order valence-corrected chi connectivity index (χ3v) is 4.72. The number of hydrogen-bond acceptors (Lipinski definition) is 0. The molecule has 0 aliphatic rings. The van der Waals surface area contributed by atoms with Gasteiger partial charge >= 0.3 is 0 Å². The lowest BCUT2D eigenvalue weighted by Gasteiger charge is -2.19. The summed E-state index contributed by atoms with van der Waals surface area (Å²) >= 11 is 15.8. The summed E-state index contributed by atoms with van der Waals surface area (Å²) in [4.78, 5) is 0. The fourth-order valence-electron chi connectivity index (χ4n) is 2.19. The van der Waals surface area contributed by atoms with Crippen molar-refractivity contribution >= 4 is 50.8 Å². The summed E-state index contributed by atoms with van der Waals surface area (Å²) in [5.41, 5.74) is 4.84. The standard InChI is InChI=1S/C19H19BrCl2/c1-19(2,3)16-7-4-13(5-8-16)15(12-20)10-14-6-9-17(21)11-18(14)22/h4-11H,12H2,1-3H3/b15-10+. The molecule has 0 fully saturated rings. The molecule has 2 rings (SSSR count). The first-order valence-corrected chi connectivity index (χ1v) is 9.01. The Morgan fingerprint density at radius 1 is 1.05 bits per heavy atom. The fourth-order valence-corrected chi connectivity index (χ4v) is 3.14. The maximum Gasteiger partial charge on any atom is 0.0493 e. The first-order chi connectivity index (χ1) is 10.3. The summed E-state index contributed by atoms with van der Waals surface area (Å²) in [6.07, 6.45) is 2.10. The number of hydrogen-bond donors (Lipinski definition) is 0. The zero-order chi connectivity index (χ0) is 16.3. The fraction of sp³-hybridized carbons (Fsp3) is 0.263. The number of halogens is 3. The lowest BCUT2D eigenvalue weighted by Crippen LogP contribution is -2.10. The minimum atomic E-state index is 0.163. The highest BCUT2D eigenvalue weighted by molar-refractivity contribution is 9.09. The molecule has 0 N–H and O–H groups in total. The summed E-state index contributed by atoms with van der Waals surface area (Å²) in [6, 6.07) is 14.3. The van der Waals surface area contributed by atoms with Crippen LogP contribution in [0.25, 0.3) is 11.6 Å². The molecule has 0 unspecified atom stereocenters. The Balaban J connectivity index is 2.37. The van der Waals surface area contributed by atoms with E-state index >= 15 is 0 Å². The van der Waals surface area contributed by atoms with Crippen LogP contribution in [0.2, 0.25) is 10.0 Å². The van der Waals surface area contributed by atoms with Crippen molar-refractivity contribution in [3.8, 4) is 0 Å². The van der Waals surface area contributed by atoms with Gasteiger partial charge < -0.3 is 0 Å². The van der Waals surface area contributed by atoms with Crippen molar-refractivity contribution in [1.82, 2.24) is 0 Å². The molecule has 2 aromatic rings. The number of alkyl halides is 1. The maximum absolute atomic E-state index is 6.26. The molecule has 0 atom stereocenters. The Hall–Kier alpha value is -0.760. The molecule has 0 aliphatic heterocycles. The van der Waals surface area contributed by atoms with Crippen molar-refractivity contribution in [3.63, 3.8) is 0 Å². The van der Waals surface area contributed by atoms with Crippen LogP contribution in [0, 0.1) is 0 Å². The summed E-state index contributed by atoms with van der Waals surface area (Å²) < 4.78 is 0. The molecular formula is C19H19BrCl2. The third kappa shape index (κ3) is 4.38. The normalized spacial score (nSPS) is 12.5. The van der Waals surface area contributed by atoms with E-state index < -0.39 is 0 Å². The van der Waals surface area contributed by atoms with Crippen LogP contribution in [0.1, 0.15) is 37.5 Å². The number of benzene rings is 2. The van der Waals surface area contributed by atoms with Gasteiger partial charge in [0.15, 0.2) is 0 Å². The Kier molecular flexibility index (Phi) is 5.76. The van der Waals surface area contributed by atoms with Crippen LogP contribution in [0.5, 0.6) is 0 Å². The van der Waals surface area contributed by atoms with Gasteiger partial charge in [0.25, 0.3) is 0 Å². The monoisotopic (exact) mass is 396 g/mol. The molecule has 2 aromatic carbocycles. The largest absolute Gasteiger partial charge is 0.0876 e. The average Bonchev–Trinajstić information content (AvgIpc) is 2.46. The predicted molar refractivity (Wildman–Crippen MR) is 103 cm³/mol. The van der Waals surface area contributed by atoms with Crippen LogP contribution in [-0.4, -0.2) is 5.33 Å². The van der Waals surface area contributed by atoms with Crippen LogP contribution in [0.3, 0.4) is 0 Å². The van der Waals surface area contributed by atoms with Crippen molar-refractivity contribution in [1.29, 1.82) is 0 Å². The van der Waals surface area contributed by atoms with Crippen molar-refractivity contribution in [3.05, 3.63) is 69.2 Å².